The Kier molecular flexibility index (Phi) is 4.13. The van der Waals surface area contributed by atoms with E-state index in [1.54, 1.807) is 0 Å². The van der Waals surface area contributed by atoms with Crippen LogP contribution in [-0.4, -0.2) is 9.96 Å². The molecule has 0 saturated heterocycles. The molecule has 0 aliphatic rings. The van der Waals surface area contributed by atoms with Gasteiger partial charge in [-0.1, -0.05) is 27.2 Å². The normalized spacial score (nSPS) is 15.2. The van der Waals surface area contributed by atoms with E-state index >= 15 is 0 Å². The van der Waals surface area contributed by atoms with E-state index in [2.05, 4.69) is 20.8 Å². The number of hydrogen-bond donors (Lipinski definition) is 1. The smallest absolute Gasteiger partial charge is 0.0888 e. The van der Waals surface area contributed by atoms with Crippen molar-refractivity contribution in [2.75, 3.05) is 5.75 Å². The number of nitrogens with two attached hydrogens (primary N) is 1. The van der Waals surface area contributed by atoms with Gasteiger partial charge in [0.2, 0.25) is 0 Å². The van der Waals surface area contributed by atoms with E-state index in [0.717, 1.165) is 12.8 Å². The molecular weight excluding hydrogens is 146 g/mol. The van der Waals surface area contributed by atoms with Gasteiger partial charge in [-0.05, 0) is 11.8 Å². The average molecular weight is 163 g/mol. The van der Waals surface area contributed by atoms with Crippen molar-refractivity contribution in [1.82, 2.24) is 0 Å². The largest absolute Gasteiger partial charge is 0.252 e. The predicted octanol–water partition coefficient (Wildman–Crippen LogP) is 1.44. The highest BCUT2D eigenvalue weighted by atomic mass is 32.2. The fourth-order valence-electron chi connectivity index (χ4n) is 0.554. The number of rotatable bonds is 4. The van der Waals surface area contributed by atoms with Crippen LogP contribution in [-0.2, 0) is 11.0 Å². The molecule has 2 N–H and O–H groups in total. The van der Waals surface area contributed by atoms with Gasteiger partial charge in [0.15, 0.2) is 0 Å². The lowest BCUT2D eigenvalue weighted by Gasteiger charge is -2.21. The molecule has 0 aliphatic heterocycles. The second-order valence-corrected chi connectivity index (χ2v) is 4.52. The molecule has 62 valence electrons. The van der Waals surface area contributed by atoms with Crippen LogP contribution in [0.1, 0.15) is 33.6 Å². The third kappa shape index (κ3) is 4.94. The second kappa shape index (κ2) is 4.09. The summed E-state index contributed by atoms with van der Waals surface area (Å²) in [6.07, 6.45) is 2.07. The van der Waals surface area contributed by atoms with E-state index in [1.807, 2.05) is 0 Å². The molecule has 0 amide bonds. The van der Waals surface area contributed by atoms with Crippen molar-refractivity contribution in [2.45, 2.75) is 33.6 Å². The van der Waals surface area contributed by atoms with Gasteiger partial charge in [-0.2, -0.15) is 0 Å². The Morgan fingerprint density at radius 1 is 1.50 bits per heavy atom. The van der Waals surface area contributed by atoms with Gasteiger partial charge in [0.25, 0.3) is 0 Å². The van der Waals surface area contributed by atoms with Crippen molar-refractivity contribution >= 4 is 11.0 Å². The van der Waals surface area contributed by atoms with Crippen LogP contribution in [0.2, 0.25) is 0 Å². The average Bonchev–Trinajstić information content (AvgIpc) is 1.85. The van der Waals surface area contributed by atoms with E-state index in [1.165, 1.54) is 0 Å². The monoisotopic (exact) mass is 163 g/mol. The molecule has 0 spiro atoms. The van der Waals surface area contributed by atoms with Gasteiger partial charge in [0.1, 0.15) is 0 Å². The minimum absolute atomic E-state index is 0.301. The Hall–Kier alpha value is 0.110. The summed E-state index contributed by atoms with van der Waals surface area (Å²) in [7, 11) is -1.11. The molecule has 0 fully saturated rings. The maximum absolute atomic E-state index is 10.5. The zero-order valence-electron chi connectivity index (χ0n) is 7.02. The van der Waals surface area contributed by atoms with Crippen LogP contribution in [0.25, 0.3) is 0 Å². The Bertz CT molecular complexity index is 123. The summed E-state index contributed by atoms with van der Waals surface area (Å²) in [5.41, 5.74) is 0.301. The summed E-state index contributed by atoms with van der Waals surface area (Å²) < 4.78 is 10.5. The zero-order valence-corrected chi connectivity index (χ0v) is 7.83. The molecule has 0 bridgehead atoms. The van der Waals surface area contributed by atoms with Crippen molar-refractivity contribution in [3.05, 3.63) is 0 Å². The highest BCUT2D eigenvalue weighted by Crippen LogP contribution is 2.23. The molecule has 0 aliphatic carbocycles. The standard InChI is InChI=1S/C7H17NOS/c1-4-7(2,3)5-6-10(8)9/h4-6,8H2,1-3H3. The third-order valence-corrected chi connectivity index (χ3v) is 2.54. The summed E-state index contributed by atoms with van der Waals surface area (Å²) in [6.45, 7) is 6.47. The third-order valence-electron chi connectivity index (χ3n) is 1.94. The quantitative estimate of drug-likeness (QED) is 0.669. The molecule has 0 aromatic carbocycles. The molecule has 2 nitrogen and oxygen atoms in total. The van der Waals surface area contributed by atoms with E-state index in [4.69, 9.17) is 5.14 Å². The van der Waals surface area contributed by atoms with Crippen LogP contribution in [0.4, 0.5) is 0 Å². The SMILES string of the molecule is CCC(C)(C)CCS(N)=O. The molecule has 1 unspecified atom stereocenters. The summed E-state index contributed by atoms with van der Waals surface area (Å²) in [5, 5.41) is 5.13. The van der Waals surface area contributed by atoms with Gasteiger partial charge < -0.3 is 0 Å². The van der Waals surface area contributed by atoms with Crippen LogP contribution in [0.5, 0.6) is 0 Å². The Morgan fingerprint density at radius 3 is 2.30 bits per heavy atom. The predicted molar refractivity (Wildman–Crippen MR) is 45.9 cm³/mol. The summed E-state index contributed by atoms with van der Waals surface area (Å²) in [4.78, 5) is 0. The highest BCUT2D eigenvalue weighted by Gasteiger charge is 2.14. The molecular formula is C7H17NOS. The zero-order chi connectivity index (χ0) is 8.20. The van der Waals surface area contributed by atoms with Gasteiger partial charge in [0, 0.05) is 5.75 Å². The van der Waals surface area contributed by atoms with Crippen LogP contribution >= 0.6 is 0 Å². The van der Waals surface area contributed by atoms with Gasteiger partial charge >= 0.3 is 0 Å². The molecule has 0 radical (unpaired) electrons. The first kappa shape index (κ1) is 10.1. The van der Waals surface area contributed by atoms with Crippen LogP contribution in [0.3, 0.4) is 0 Å². The van der Waals surface area contributed by atoms with Gasteiger partial charge in [0.05, 0.1) is 11.0 Å². The van der Waals surface area contributed by atoms with Crippen LogP contribution in [0, 0.1) is 5.41 Å². The first-order chi connectivity index (χ1) is 4.48. The maximum Gasteiger partial charge on any atom is 0.0888 e. The fraction of sp³-hybridized carbons (Fsp3) is 1.00. The summed E-state index contributed by atoms with van der Waals surface area (Å²) in [6, 6.07) is 0. The minimum atomic E-state index is -1.11. The van der Waals surface area contributed by atoms with Gasteiger partial charge in [-0.15, -0.1) is 0 Å². The summed E-state index contributed by atoms with van der Waals surface area (Å²) >= 11 is 0. The Labute approximate surface area is 65.8 Å². The van der Waals surface area contributed by atoms with Gasteiger partial charge in [-0.3, -0.25) is 5.14 Å². The molecule has 0 rings (SSSR count). The van der Waals surface area contributed by atoms with E-state index in [9.17, 15) is 4.21 Å². The lowest BCUT2D eigenvalue weighted by Crippen LogP contribution is -2.17. The molecule has 0 aromatic rings. The number of hydrogen-bond acceptors (Lipinski definition) is 1. The Morgan fingerprint density at radius 2 is 2.00 bits per heavy atom. The van der Waals surface area contributed by atoms with Crippen molar-refractivity contribution < 1.29 is 4.21 Å². The molecule has 0 heterocycles. The lowest BCUT2D eigenvalue weighted by molar-refractivity contribution is 0.340. The molecule has 0 saturated carbocycles. The van der Waals surface area contributed by atoms with Crippen molar-refractivity contribution in [1.29, 1.82) is 0 Å². The first-order valence-corrected chi connectivity index (χ1v) is 4.99. The minimum Gasteiger partial charge on any atom is -0.252 e. The fourth-order valence-corrected chi connectivity index (χ4v) is 1.31. The second-order valence-electron chi connectivity index (χ2n) is 3.35. The highest BCUT2D eigenvalue weighted by molar-refractivity contribution is 7.82. The van der Waals surface area contributed by atoms with Crippen LogP contribution in [0.15, 0.2) is 0 Å². The van der Waals surface area contributed by atoms with Crippen molar-refractivity contribution in [2.24, 2.45) is 10.6 Å². The molecule has 10 heavy (non-hydrogen) atoms. The van der Waals surface area contributed by atoms with Gasteiger partial charge in [-0.25, -0.2) is 4.21 Å². The summed E-state index contributed by atoms with van der Waals surface area (Å²) in [5.74, 6) is 0.626. The molecule has 1 atom stereocenters. The topological polar surface area (TPSA) is 43.1 Å². The van der Waals surface area contributed by atoms with Crippen molar-refractivity contribution in [3.8, 4) is 0 Å². The first-order valence-electron chi connectivity index (χ1n) is 3.61. The van der Waals surface area contributed by atoms with E-state index in [0.29, 0.717) is 11.2 Å². The van der Waals surface area contributed by atoms with Crippen molar-refractivity contribution in [3.63, 3.8) is 0 Å². The Balaban J connectivity index is 3.56. The molecule has 0 aromatic heterocycles. The lowest BCUT2D eigenvalue weighted by atomic mass is 9.87. The molecule has 3 heteroatoms. The maximum atomic E-state index is 10.5. The van der Waals surface area contributed by atoms with Crippen LogP contribution < -0.4 is 5.14 Å². The van der Waals surface area contributed by atoms with E-state index in [-0.39, 0.29) is 0 Å². The van der Waals surface area contributed by atoms with E-state index < -0.39 is 11.0 Å².